The van der Waals surface area contributed by atoms with Crippen LogP contribution in [0.4, 0.5) is 0 Å². The molecule has 0 spiro atoms. The van der Waals surface area contributed by atoms with E-state index >= 15 is 0 Å². The highest BCUT2D eigenvalue weighted by Gasteiger charge is 2.17. The van der Waals surface area contributed by atoms with Crippen molar-refractivity contribution in [2.24, 2.45) is 0 Å². The number of Topliss-reactive ketones (excluding diaryl/α,β-unsaturated/α-hetero) is 1. The first-order valence-corrected chi connectivity index (χ1v) is 7.21. The Kier molecular flexibility index (Phi) is 5.22. The van der Waals surface area contributed by atoms with E-state index in [0.717, 1.165) is 32.6 Å². The third-order valence-corrected chi connectivity index (χ3v) is 3.97. The number of nitrogens with zero attached hydrogens (tertiary/aromatic N) is 2. The molecule has 1 aliphatic rings. The van der Waals surface area contributed by atoms with Crippen molar-refractivity contribution in [1.82, 2.24) is 9.80 Å². The van der Waals surface area contributed by atoms with Gasteiger partial charge in [-0.3, -0.25) is 9.69 Å². The van der Waals surface area contributed by atoms with Gasteiger partial charge in [-0.05, 0) is 44.8 Å². The number of benzene rings is 1. The average molecular weight is 301 g/mol. The van der Waals surface area contributed by atoms with Gasteiger partial charge in [-0.15, -0.1) is 0 Å². The largest absolute Gasteiger partial charge is 0.305 e. The molecule has 1 aromatic carbocycles. The molecule has 0 aromatic heterocycles. The minimum Gasteiger partial charge on any atom is -0.305 e. The van der Waals surface area contributed by atoms with E-state index in [4.69, 9.17) is 23.2 Å². The van der Waals surface area contributed by atoms with Crippen LogP contribution in [0.15, 0.2) is 18.2 Å². The Balaban J connectivity index is 2.02. The number of carbonyl (C=O) groups excluding carboxylic acids is 1. The van der Waals surface area contributed by atoms with Gasteiger partial charge in [0.2, 0.25) is 0 Å². The van der Waals surface area contributed by atoms with Crippen LogP contribution in [0.25, 0.3) is 0 Å². The Morgan fingerprint density at radius 3 is 2.79 bits per heavy atom. The lowest BCUT2D eigenvalue weighted by atomic mass is 10.1. The fourth-order valence-corrected chi connectivity index (χ4v) is 2.65. The quantitative estimate of drug-likeness (QED) is 0.802. The van der Waals surface area contributed by atoms with E-state index in [1.165, 1.54) is 0 Å². The van der Waals surface area contributed by atoms with Crippen LogP contribution in [0.2, 0.25) is 10.0 Å². The summed E-state index contributed by atoms with van der Waals surface area (Å²) < 4.78 is 0. The maximum Gasteiger partial charge on any atom is 0.178 e. The van der Waals surface area contributed by atoms with Gasteiger partial charge in [0.05, 0.1) is 11.6 Å². The second-order valence-corrected chi connectivity index (χ2v) is 5.82. The summed E-state index contributed by atoms with van der Waals surface area (Å²) in [7, 11) is 2.11. The number of carbonyl (C=O) groups is 1. The Labute approximate surface area is 124 Å². The molecule has 3 nitrogen and oxygen atoms in total. The van der Waals surface area contributed by atoms with Crippen molar-refractivity contribution in [1.29, 1.82) is 0 Å². The number of hydrogen-bond donors (Lipinski definition) is 0. The van der Waals surface area contributed by atoms with Gasteiger partial charge in [-0.1, -0.05) is 23.2 Å². The van der Waals surface area contributed by atoms with Gasteiger partial charge in [0.1, 0.15) is 0 Å². The zero-order valence-electron chi connectivity index (χ0n) is 11.0. The van der Waals surface area contributed by atoms with Crippen LogP contribution in [-0.2, 0) is 0 Å². The van der Waals surface area contributed by atoms with Gasteiger partial charge in [0.25, 0.3) is 0 Å². The molecule has 0 unspecified atom stereocenters. The third kappa shape index (κ3) is 4.18. The van der Waals surface area contributed by atoms with Crippen LogP contribution in [0.3, 0.4) is 0 Å². The standard InChI is InChI=1S/C14H18Cl2N2O/c1-17-5-2-6-18(8-7-17)10-14(19)12-9-11(15)3-4-13(12)16/h3-4,9H,2,5-8,10H2,1H3. The Bertz CT molecular complexity index is 465. The summed E-state index contributed by atoms with van der Waals surface area (Å²) in [5.74, 6) is 0.0389. The number of halogens is 2. The molecule has 1 fully saturated rings. The highest BCUT2D eigenvalue weighted by Crippen LogP contribution is 2.21. The molecule has 0 bridgehead atoms. The first kappa shape index (κ1) is 14.8. The molecule has 19 heavy (non-hydrogen) atoms. The first-order chi connectivity index (χ1) is 9.06. The highest BCUT2D eigenvalue weighted by atomic mass is 35.5. The monoisotopic (exact) mass is 300 g/mol. The maximum absolute atomic E-state index is 12.3. The lowest BCUT2D eigenvalue weighted by molar-refractivity contribution is 0.0933. The normalized spacial score (nSPS) is 18.3. The van der Waals surface area contributed by atoms with Crippen molar-refractivity contribution >= 4 is 29.0 Å². The molecule has 1 saturated heterocycles. The summed E-state index contributed by atoms with van der Waals surface area (Å²) in [6.45, 7) is 4.36. The van der Waals surface area contributed by atoms with Crippen molar-refractivity contribution in [3.63, 3.8) is 0 Å². The van der Waals surface area contributed by atoms with Crippen LogP contribution < -0.4 is 0 Å². The van der Waals surface area contributed by atoms with Gasteiger partial charge in [-0.25, -0.2) is 0 Å². The van der Waals surface area contributed by atoms with Crippen LogP contribution in [0, 0.1) is 0 Å². The molecule has 0 atom stereocenters. The number of ketones is 1. The van der Waals surface area contributed by atoms with Crippen molar-refractivity contribution < 1.29 is 4.79 Å². The summed E-state index contributed by atoms with van der Waals surface area (Å²) in [6.07, 6.45) is 1.09. The van der Waals surface area contributed by atoms with E-state index in [-0.39, 0.29) is 5.78 Å². The summed E-state index contributed by atoms with van der Waals surface area (Å²) in [5.41, 5.74) is 0.520. The molecule has 1 aliphatic heterocycles. The van der Waals surface area contributed by atoms with Crippen LogP contribution in [0.5, 0.6) is 0 Å². The molecule has 0 radical (unpaired) electrons. The van der Waals surface area contributed by atoms with Gasteiger partial charge in [0.15, 0.2) is 5.78 Å². The SMILES string of the molecule is CN1CCCN(CC(=O)c2cc(Cl)ccc2Cl)CC1. The van der Waals surface area contributed by atoms with Gasteiger partial charge in [0, 0.05) is 23.7 Å². The smallest absolute Gasteiger partial charge is 0.178 e. The van der Waals surface area contributed by atoms with E-state index in [1.807, 2.05) is 0 Å². The predicted octanol–water partition coefficient (Wildman–Crippen LogP) is 2.81. The second-order valence-electron chi connectivity index (χ2n) is 4.98. The fraction of sp³-hybridized carbons (Fsp3) is 0.500. The molecule has 104 valence electrons. The van der Waals surface area contributed by atoms with Crippen molar-refractivity contribution in [3.05, 3.63) is 33.8 Å². The fourth-order valence-electron chi connectivity index (χ4n) is 2.26. The lowest BCUT2D eigenvalue weighted by Crippen LogP contribution is -2.33. The molecule has 2 rings (SSSR count). The Hall–Kier alpha value is -0.610. The van der Waals surface area contributed by atoms with E-state index < -0.39 is 0 Å². The summed E-state index contributed by atoms with van der Waals surface area (Å²) in [4.78, 5) is 16.8. The van der Waals surface area contributed by atoms with E-state index in [0.29, 0.717) is 22.2 Å². The topological polar surface area (TPSA) is 23.6 Å². The molecule has 0 amide bonds. The second kappa shape index (κ2) is 6.71. The summed E-state index contributed by atoms with van der Waals surface area (Å²) >= 11 is 12.0. The Morgan fingerprint density at radius 1 is 1.21 bits per heavy atom. The minimum absolute atomic E-state index is 0.0389. The number of likely N-dealkylation sites (N-methyl/N-ethyl adjacent to an activating group) is 1. The maximum atomic E-state index is 12.3. The van der Waals surface area contributed by atoms with Crippen LogP contribution in [0.1, 0.15) is 16.8 Å². The van der Waals surface area contributed by atoms with E-state index in [2.05, 4.69) is 16.8 Å². The van der Waals surface area contributed by atoms with Gasteiger partial charge in [-0.2, -0.15) is 0 Å². The van der Waals surface area contributed by atoms with Gasteiger partial charge >= 0.3 is 0 Å². The molecule has 5 heteroatoms. The third-order valence-electron chi connectivity index (χ3n) is 3.41. The molecule has 0 saturated carbocycles. The zero-order valence-corrected chi connectivity index (χ0v) is 12.5. The van der Waals surface area contributed by atoms with E-state index in [1.54, 1.807) is 18.2 Å². The Morgan fingerprint density at radius 2 is 2.00 bits per heavy atom. The molecular weight excluding hydrogens is 283 g/mol. The molecule has 0 N–H and O–H groups in total. The number of rotatable bonds is 3. The minimum atomic E-state index is 0.0389. The molecule has 0 aliphatic carbocycles. The molecule has 1 aromatic rings. The molecule has 1 heterocycles. The van der Waals surface area contributed by atoms with Crippen LogP contribution >= 0.6 is 23.2 Å². The van der Waals surface area contributed by atoms with Crippen molar-refractivity contribution in [3.8, 4) is 0 Å². The van der Waals surface area contributed by atoms with Crippen molar-refractivity contribution in [2.45, 2.75) is 6.42 Å². The zero-order chi connectivity index (χ0) is 13.8. The van der Waals surface area contributed by atoms with E-state index in [9.17, 15) is 4.79 Å². The predicted molar refractivity (Wildman–Crippen MR) is 79.3 cm³/mol. The average Bonchev–Trinajstić information content (AvgIpc) is 2.57. The molecular formula is C14H18Cl2N2O. The summed E-state index contributed by atoms with van der Waals surface area (Å²) in [5, 5.41) is 1.02. The lowest BCUT2D eigenvalue weighted by Gasteiger charge is -2.19. The summed E-state index contributed by atoms with van der Waals surface area (Å²) in [6, 6.07) is 5.02. The van der Waals surface area contributed by atoms with Gasteiger partial charge < -0.3 is 4.90 Å². The number of hydrogen-bond acceptors (Lipinski definition) is 3. The van der Waals surface area contributed by atoms with Crippen LogP contribution in [-0.4, -0.2) is 55.4 Å². The first-order valence-electron chi connectivity index (χ1n) is 6.45. The highest BCUT2D eigenvalue weighted by molar-refractivity contribution is 6.36. The van der Waals surface area contributed by atoms with Crippen molar-refractivity contribution in [2.75, 3.05) is 39.8 Å².